The first kappa shape index (κ1) is 20.6. The molecule has 4 heterocycles. The lowest BCUT2D eigenvalue weighted by molar-refractivity contribution is 0.421. The molecular formula is C23H26N8S. The van der Waals surface area contributed by atoms with E-state index in [0.717, 1.165) is 71.7 Å². The molecule has 164 valence electrons. The fourth-order valence-electron chi connectivity index (χ4n) is 4.00. The fourth-order valence-corrected chi connectivity index (χ4v) is 4.37. The third-order valence-corrected chi connectivity index (χ3v) is 6.31. The van der Waals surface area contributed by atoms with E-state index in [4.69, 9.17) is 0 Å². The van der Waals surface area contributed by atoms with Crippen molar-refractivity contribution in [1.29, 1.82) is 0 Å². The number of H-pyrrole nitrogens is 1. The van der Waals surface area contributed by atoms with Crippen molar-refractivity contribution >= 4 is 45.8 Å². The van der Waals surface area contributed by atoms with Gasteiger partial charge in [-0.05, 0) is 55.3 Å². The number of hydrogen-bond donors (Lipinski definition) is 3. The first-order chi connectivity index (χ1) is 15.8. The van der Waals surface area contributed by atoms with Crippen molar-refractivity contribution in [2.24, 2.45) is 5.92 Å². The average molecular weight is 447 g/mol. The molecule has 3 aromatic heterocycles. The predicted molar refractivity (Wildman–Crippen MR) is 131 cm³/mol. The lowest BCUT2D eigenvalue weighted by atomic mass is 9.97. The van der Waals surface area contributed by atoms with Gasteiger partial charge in [0.05, 0.1) is 11.7 Å². The number of nitrogens with zero attached hydrogens (tertiary/aromatic N) is 5. The molecule has 3 N–H and O–H groups in total. The van der Waals surface area contributed by atoms with Crippen LogP contribution in [0, 0.1) is 5.92 Å². The van der Waals surface area contributed by atoms with Gasteiger partial charge in [0.15, 0.2) is 5.16 Å². The third-order valence-electron chi connectivity index (χ3n) is 5.76. The number of aromatic nitrogens is 5. The van der Waals surface area contributed by atoms with Gasteiger partial charge in [0.2, 0.25) is 0 Å². The van der Waals surface area contributed by atoms with Crippen LogP contribution >= 0.6 is 11.8 Å². The zero-order chi connectivity index (χ0) is 21.8. The Morgan fingerprint density at radius 3 is 2.78 bits per heavy atom. The molecule has 1 saturated heterocycles. The SMILES string of the molecule is CSc1nc(NCC2CCN(c3ccccn3)CC2)cc(Nc2ccc3[nH]ncc3c2)n1. The van der Waals surface area contributed by atoms with Crippen molar-refractivity contribution in [2.75, 3.05) is 41.4 Å². The molecule has 0 saturated carbocycles. The summed E-state index contributed by atoms with van der Waals surface area (Å²) in [4.78, 5) is 16.1. The van der Waals surface area contributed by atoms with Gasteiger partial charge >= 0.3 is 0 Å². The molecule has 5 rings (SSSR count). The Labute approximate surface area is 191 Å². The van der Waals surface area contributed by atoms with Crippen LogP contribution in [0.1, 0.15) is 12.8 Å². The molecule has 4 aromatic rings. The molecule has 32 heavy (non-hydrogen) atoms. The Morgan fingerprint density at radius 2 is 1.97 bits per heavy atom. The van der Waals surface area contributed by atoms with E-state index in [9.17, 15) is 0 Å². The number of pyridine rings is 1. The van der Waals surface area contributed by atoms with Crippen molar-refractivity contribution < 1.29 is 0 Å². The number of fused-ring (bicyclic) bond motifs is 1. The largest absolute Gasteiger partial charge is 0.370 e. The van der Waals surface area contributed by atoms with E-state index < -0.39 is 0 Å². The molecule has 0 aliphatic carbocycles. The monoisotopic (exact) mass is 446 g/mol. The van der Waals surface area contributed by atoms with Gasteiger partial charge in [-0.2, -0.15) is 5.10 Å². The summed E-state index contributed by atoms with van der Waals surface area (Å²) in [5.74, 6) is 3.31. The number of nitrogens with one attached hydrogen (secondary N) is 3. The summed E-state index contributed by atoms with van der Waals surface area (Å²) >= 11 is 1.54. The number of thioether (sulfide) groups is 1. The Bertz CT molecular complexity index is 1170. The molecule has 1 aliphatic heterocycles. The van der Waals surface area contributed by atoms with Crippen molar-refractivity contribution in [1.82, 2.24) is 25.1 Å². The molecule has 0 bridgehead atoms. The summed E-state index contributed by atoms with van der Waals surface area (Å²) in [5.41, 5.74) is 1.98. The van der Waals surface area contributed by atoms with E-state index in [-0.39, 0.29) is 0 Å². The number of rotatable bonds is 7. The Morgan fingerprint density at radius 1 is 1.09 bits per heavy atom. The van der Waals surface area contributed by atoms with E-state index in [0.29, 0.717) is 5.92 Å². The van der Waals surface area contributed by atoms with Gasteiger partial charge in [0.25, 0.3) is 0 Å². The van der Waals surface area contributed by atoms with E-state index >= 15 is 0 Å². The number of anilines is 4. The minimum absolute atomic E-state index is 0.613. The highest BCUT2D eigenvalue weighted by Crippen LogP contribution is 2.25. The third kappa shape index (κ3) is 4.77. The van der Waals surface area contributed by atoms with Crippen molar-refractivity contribution in [3.8, 4) is 0 Å². The predicted octanol–water partition coefficient (Wildman–Crippen LogP) is 4.54. The summed E-state index contributed by atoms with van der Waals surface area (Å²) in [5, 5.41) is 15.8. The maximum absolute atomic E-state index is 4.65. The maximum atomic E-state index is 4.65. The quantitative estimate of drug-likeness (QED) is 0.281. The zero-order valence-electron chi connectivity index (χ0n) is 18.0. The molecule has 9 heteroatoms. The summed E-state index contributed by atoms with van der Waals surface area (Å²) in [6.45, 7) is 2.97. The molecule has 0 radical (unpaired) electrons. The first-order valence-electron chi connectivity index (χ1n) is 10.8. The van der Waals surface area contributed by atoms with E-state index in [1.165, 1.54) is 0 Å². The fraction of sp³-hybridized carbons (Fsp3) is 0.304. The van der Waals surface area contributed by atoms with E-state index in [1.54, 1.807) is 11.8 Å². The Hall–Kier alpha value is -3.33. The lowest BCUT2D eigenvalue weighted by Crippen LogP contribution is -2.36. The van der Waals surface area contributed by atoms with Crippen LogP contribution in [0.4, 0.5) is 23.1 Å². The standard InChI is InChI=1S/C23H26N8S/c1-32-23-28-20(13-21(29-23)27-18-5-6-19-17(12-18)15-26-30-19)25-14-16-7-10-31(11-8-16)22-4-2-3-9-24-22/h2-6,9,12-13,15-16H,7-8,10-11,14H2,1H3,(H,26,30)(H2,25,27,28,29). The molecule has 0 atom stereocenters. The van der Waals surface area contributed by atoms with Crippen LogP contribution in [0.5, 0.6) is 0 Å². The summed E-state index contributed by atoms with van der Waals surface area (Å²) < 4.78 is 0. The van der Waals surface area contributed by atoms with Gasteiger partial charge in [-0.1, -0.05) is 17.8 Å². The number of benzene rings is 1. The smallest absolute Gasteiger partial charge is 0.191 e. The summed E-state index contributed by atoms with van der Waals surface area (Å²) in [7, 11) is 0. The van der Waals surface area contributed by atoms with Crippen molar-refractivity contribution in [3.05, 3.63) is 54.9 Å². The van der Waals surface area contributed by atoms with E-state index in [2.05, 4.69) is 52.8 Å². The minimum Gasteiger partial charge on any atom is -0.370 e. The molecule has 1 aliphatic rings. The highest BCUT2D eigenvalue weighted by molar-refractivity contribution is 7.98. The molecule has 0 amide bonds. The number of hydrogen-bond acceptors (Lipinski definition) is 8. The average Bonchev–Trinajstić information content (AvgIpc) is 3.31. The van der Waals surface area contributed by atoms with Gasteiger partial charge in [-0.3, -0.25) is 5.10 Å². The van der Waals surface area contributed by atoms with Crippen LogP contribution in [-0.2, 0) is 0 Å². The van der Waals surface area contributed by atoms with Gasteiger partial charge in [0, 0.05) is 43.0 Å². The molecule has 0 unspecified atom stereocenters. The lowest BCUT2D eigenvalue weighted by Gasteiger charge is -2.32. The second kappa shape index (κ2) is 9.44. The first-order valence-corrected chi connectivity index (χ1v) is 12.0. The summed E-state index contributed by atoms with van der Waals surface area (Å²) in [6, 6.07) is 14.2. The zero-order valence-corrected chi connectivity index (χ0v) is 18.8. The van der Waals surface area contributed by atoms with Crippen LogP contribution in [0.25, 0.3) is 10.9 Å². The van der Waals surface area contributed by atoms with Gasteiger partial charge < -0.3 is 15.5 Å². The maximum Gasteiger partial charge on any atom is 0.191 e. The minimum atomic E-state index is 0.613. The highest BCUT2D eigenvalue weighted by Gasteiger charge is 2.20. The second-order valence-electron chi connectivity index (χ2n) is 7.92. The van der Waals surface area contributed by atoms with Crippen LogP contribution in [0.2, 0.25) is 0 Å². The van der Waals surface area contributed by atoms with Gasteiger partial charge in [0.1, 0.15) is 17.5 Å². The Kier molecular flexibility index (Phi) is 6.06. The number of piperidine rings is 1. The highest BCUT2D eigenvalue weighted by atomic mass is 32.2. The number of aromatic amines is 1. The molecule has 1 fully saturated rings. The van der Waals surface area contributed by atoms with Crippen LogP contribution in [0.3, 0.4) is 0 Å². The van der Waals surface area contributed by atoms with Crippen molar-refractivity contribution in [3.63, 3.8) is 0 Å². The second-order valence-corrected chi connectivity index (χ2v) is 8.69. The normalized spacial score (nSPS) is 14.6. The van der Waals surface area contributed by atoms with E-state index in [1.807, 2.05) is 49.0 Å². The Balaban J connectivity index is 1.21. The van der Waals surface area contributed by atoms with Crippen LogP contribution < -0.4 is 15.5 Å². The molecule has 0 spiro atoms. The van der Waals surface area contributed by atoms with Gasteiger partial charge in [-0.25, -0.2) is 15.0 Å². The molecular weight excluding hydrogens is 420 g/mol. The van der Waals surface area contributed by atoms with Crippen LogP contribution in [0.15, 0.2) is 60.0 Å². The molecule has 8 nitrogen and oxygen atoms in total. The van der Waals surface area contributed by atoms with Crippen molar-refractivity contribution in [2.45, 2.75) is 18.0 Å². The van der Waals surface area contributed by atoms with Crippen LogP contribution in [-0.4, -0.2) is 51.0 Å². The molecule has 1 aromatic carbocycles. The topological polar surface area (TPSA) is 94.7 Å². The summed E-state index contributed by atoms with van der Waals surface area (Å²) in [6.07, 6.45) is 7.95. The van der Waals surface area contributed by atoms with Gasteiger partial charge in [-0.15, -0.1) is 0 Å².